The number of nitrogens with zero attached hydrogens (tertiary/aromatic N) is 2. The minimum Gasteiger partial charge on any atom is -0.314 e. The summed E-state index contributed by atoms with van der Waals surface area (Å²) >= 11 is 0. The van der Waals surface area contributed by atoms with E-state index in [2.05, 4.69) is 10.2 Å². The van der Waals surface area contributed by atoms with Crippen LogP contribution in [0.4, 0.5) is 0 Å². The lowest BCUT2D eigenvalue weighted by molar-refractivity contribution is 0.184. The number of piperazine rings is 1. The molecule has 6 heteroatoms. The molecule has 0 saturated carbocycles. The molecule has 0 aromatic rings. The Morgan fingerprint density at radius 2 is 1.94 bits per heavy atom. The minimum atomic E-state index is -2.99. The zero-order chi connectivity index (χ0) is 13.0. The van der Waals surface area contributed by atoms with Gasteiger partial charge >= 0.3 is 0 Å². The van der Waals surface area contributed by atoms with Gasteiger partial charge in [-0.1, -0.05) is 0 Å². The first-order valence-corrected chi connectivity index (χ1v) is 8.81. The third-order valence-electron chi connectivity index (χ3n) is 3.99. The van der Waals surface area contributed by atoms with E-state index in [0.29, 0.717) is 13.1 Å². The molecule has 2 fully saturated rings. The van der Waals surface area contributed by atoms with Gasteiger partial charge in [0.05, 0.1) is 6.26 Å². The fraction of sp³-hybridized carbons (Fsp3) is 1.00. The molecule has 106 valence electrons. The van der Waals surface area contributed by atoms with Crippen LogP contribution in [-0.4, -0.2) is 69.2 Å². The van der Waals surface area contributed by atoms with Crippen LogP contribution in [0.15, 0.2) is 0 Å². The van der Waals surface area contributed by atoms with E-state index in [9.17, 15) is 8.42 Å². The van der Waals surface area contributed by atoms with Gasteiger partial charge in [0.2, 0.25) is 10.0 Å². The molecule has 5 nitrogen and oxygen atoms in total. The summed E-state index contributed by atoms with van der Waals surface area (Å²) in [5.74, 6) is 0. The topological polar surface area (TPSA) is 52.7 Å². The number of nitrogens with one attached hydrogen (secondary N) is 1. The van der Waals surface area contributed by atoms with Crippen molar-refractivity contribution in [2.24, 2.45) is 0 Å². The van der Waals surface area contributed by atoms with E-state index in [1.807, 2.05) is 0 Å². The van der Waals surface area contributed by atoms with Crippen LogP contribution in [0.5, 0.6) is 0 Å². The number of rotatable bonds is 5. The first kappa shape index (κ1) is 14.2. The summed E-state index contributed by atoms with van der Waals surface area (Å²) in [7, 11) is -2.99. The molecule has 2 heterocycles. The van der Waals surface area contributed by atoms with Crippen molar-refractivity contribution in [1.29, 1.82) is 0 Å². The molecule has 0 bridgehead atoms. The van der Waals surface area contributed by atoms with Crippen molar-refractivity contribution < 1.29 is 8.42 Å². The highest BCUT2D eigenvalue weighted by molar-refractivity contribution is 7.88. The lowest BCUT2D eigenvalue weighted by Crippen LogP contribution is -2.48. The molecule has 0 amide bonds. The summed E-state index contributed by atoms with van der Waals surface area (Å²) in [6.07, 6.45) is 6.41. The fourth-order valence-corrected chi connectivity index (χ4v) is 3.68. The molecule has 1 N–H and O–H groups in total. The molecular weight excluding hydrogens is 250 g/mol. The lowest BCUT2D eigenvalue weighted by Gasteiger charge is -2.33. The molecule has 1 atom stereocenters. The predicted octanol–water partition coefficient (Wildman–Crippen LogP) is 0.0958. The first-order valence-electron chi connectivity index (χ1n) is 6.96. The highest BCUT2D eigenvalue weighted by Crippen LogP contribution is 2.12. The van der Waals surface area contributed by atoms with Crippen LogP contribution in [-0.2, 0) is 10.0 Å². The molecule has 0 aromatic carbocycles. The van der Waals surface area contributed by atoms with Crippen LogP contribution in [0.1, 0.15) is 25.7 Å². The lowest BCUT2D eigenvalue weighted by atomic mass is 10.1. The largest absolute Gasteiger partial charge is 0.314 e. The Morgan fingerprint density at radius 1 is 1.22 bits per heavy atom. The van der Waals surface area contributed by atoms with Gasteiger partial charge in [0.25, 0.3) is 0 Å². The average molecular weight is 275 g/mol. The summed E-state index contributed by atoms with van der Waals surface area (Å²) in [5.41, 5.74) is 0. The Balaban J connectivity index is 1.61. The average Bonchev–Trinajstić information content (AvgIpc) is 2.82. The van der Waals surface area contributed by atoms with Crippen molar-refractivity contribution in [3.05, 3.63) is 0 Å². The van der Waals surface area contributed by atoms with Gasteiger partial charge in [-0.3, -0.25) is 0 Å². The van der Waals surface area contributed by atoms with Gasteiger partial charge in [0.15, 0.2) is 0 Å². The maximum atomic E-state index is 11.4. The Hall–Kier alpha value is -0.170. The first-order chi connectivity index (χ1) is 8.55. The second-order valence-corrected chi connectivity index (χ2v) is 7.42. The molecule has 2 rings (SSSR count). The van der Waals surface area contributed by atoms with Crippen LogP contribution in [0.2, 0.25) is 0 Å². The van der Waals surface area contributed by atoms with E-state index in [1.54, 1.807) is 4.31 Å². The zero-order valence-corrected chi connectivity index (χ0v) is 12.1. The molecule has 0 spiro atoms. The van der Waals surface area contributed by atoms with Crippen LogP contribution >= 0.6 is 0 Å². The second-order valence-electron chi connectivity index (χ2n) is 5.44. The normalized spacial score (nSPS) is 27.7. The summed E-state index contributed by atoms with van der Waals surface area (Å²) in [5, 5.41) is 3.52. The maximum Gasteiger partial charge on any atom is 0.211 e. The smallest absolute Gasteiger partial charge is 0.211 e. The molecule has 2 saturated heterocycles. The van der Waals surface area contributed by atoms with Crippen LogP contribution < -0.4 is 5.32 Å². The van der Waals surface area contributed by atoms with Crippen LogP contribution in [0.3, 0.4) is 0 Å². The predicted molar refractivity (Wildman–Crippen MR) is 73.1 cm³/mol. The van der Waals surface area contributed by atoms with Crippen LogP contribution in [0.25, 0.3) is 0 Å². The Kier molecular flexibility index (Phi) is 5.00. The van der Waals surface area contributed by atoms with Gasteiger partial charge in [0, 0.05) is 32.2 Å². The summed E-state index contributed by atoms with van der Waals surface area (Å²) in [6.45, 7) is 5.35. The Morgan fingerprint density at radius 3 is 2.50 bits per heavy atom. The summed E-state index contributed by atoms with van der Waals surface area (Å²) in [6, 6.07) is 0.724. The third-order valence-corrected chi connectivity index (χ3v) is 5.29. The molecule has 0 radical (unpaired) electrons. The maximum absolute atomic E-state index is 11.4. The molecule has 18 heavy (non-hydrogen) atoms. The van der Waals surface area contributed by atoms with E-state index in [1.165, 1.54) is 38.5 Å². The molecule has 2 aliphatic heterocycles. The fourth-order valence-electron chi connectivity index (χ4n) is 2.85. The second kappa shape index (κ2) is 6.32. The van der Waals surface area contributed by atoms with Crippen molar-refractivity contribution in [3.8, 4) is 0 Å². The Bertz CT molecular complexity index is 344. The van der Waals surface area contributed by atoms with Crippen LogP contribution in [0, 0.1) is 0 Å². The summed E-state index contributed by atoms with van der Waals surface area (Å²) < 4.78 is 24.3. The van der Waals surface area contributed by atoms with Gasteiger partial charge < -0.3 is 10.2 Å². The van der Waals surface area contributed by atoms with Gasteiger partial charge in [-0.2, -0.15) is 4.31 Å². The third kappa shape index (κ3) is 4.19. The van der Waals surface area contributed by atoms with Gasteiger partial charge in [-0.05, 0) is 38.8 Å². The molecule has 0 aromatic heterocycles. The highest BCUT2D eigenvalue weighted by atomic mass is 32.2. The van der Waals surface area contributed by atoms with Crippen molar-refractivity contribution >= 4 is 10.0 Å². The number of sulfonamides is 1. The van der Waals surface area contributed by atoms with Gasteiger partial charge in [-0.15, -0.1) is 0 Å². The van der Waals surface area contributed by atoms with Crippen molar-refractivity contribution in [2.45, 2.75) is 31.7 Å². The van der Waals surface area contributed by atoms with E-state index < -0.39 is 10.0 Å². The minimum absolute atomic E-state index is 0.653. The van der Waals surface area contributed by atoms with E-state index in [4.69, 9.17) is 0 Å². The molecular formula is C12H25N3O2S. The van der Waals surface area contributed by atoms with E-state index in [0.717, 1.165) is 25.7 Å². The van der Waals surface area contributed by atoms with Gasteiger partial charge in [-0.25, -0.2) is 8.42 Å². The van der Waals surface area contributed by atoms with Crippen molar-refractivity contribution in [3.63, 3.8) is 0 Å². The number of hydrogen-bond acceptors (Lipinski definition) is 4. The standard InChI is InChI=1S/C12H25N3O2S/c1-18(16,17)15-10-8-14(9-11-15)7-3-5-12-4-2-6-13-12/h12-13H,2-11H2,1H3. The van der Waals surface area contributed by atoms with E-state index in [-0.39, 0.29) is 0 Å². The Labute approximate surface area is 111 Å². The van der Waals surface area contributed by atoms with Gasteiger partial charge in [0.1, 0.15) is 0 Å². The zero-order valence-electron chi connectivity index (χ0n) is 11.3. The van der Waals surface area contributed by atoms with E-state index >= 15 is 0 Å². The highest BCUT2D eigenvalue weighted by Gasteiger charge is 2.23. The number of hydrogen-bond donors (Lipinski definition) is 1. The SMILES string of the molecule is CS(=O)(=O)N1CCN(CCCC2CCCN2)CC1. The quantitative estimate of drug-likeness (QED) is 0.773. The molecule has 1 unspecified atom stereocenters. The van der Waals surface area contributed by atoms with Crippen molar-refractivity contribution in [1.82, 2.24) is 14.5 Å². The molecule has 0 aliphatic carbocycles. The monoisotopic (exact) mass is 275 g/mol. The molecule has 2 aliphatic rings. The van der Waals surface area contributed by atoms with Crippen molar-refractivity contribution in [2.75, 3.05) is 45.5 Å². The summed E-state index contributed by atoms with van der Waals surface area (Å²) in [4.78, 5) is 2.39.